The molecule has 0 saturated heterocycles. The zero-order chi connectivity index (χ0) is 22.9. The van der Waals surface area contributed by atoms with E-state index in [1.807, 2.05) is 38.1 Å². The summed E-state index contributed by atoms with van der Waals surface area (Å²) in [5, 5.41) is 14.6. The van der Waals surface area contributed by atoms with Gasteiger partial charge in [-0.05, 0) is 40.5 Å². The summed E-state index contributed by atoms with van der Waals surface area (Å²) in [4.78, 5) is 35.9. The lowest BCUT2D eigenvalue weighted by molar-refractivity contribution is -0.143. The molecule has 0 unspecified atom stereocenters. The van der Waals surface area contributed by atoms with Crippen molar-refractivity contribution in [3.05, 3.63) is 59.7 Å². The molecule has 3 N–H and O–H groups in total. The lowest BCUT2D eigenvalue weighted by Gasteiger charge is -2.25. The molecule has 0 spiro atoms. The Morgan fingerprint density at radius 3 is 2.12 bits per heavy atom. The van der Waals surface area contributed by atoms with Crippen LogP contribution in [0.1, 0.15) is 50.2 Å². The fraction of sp³-hybridized carbons (Fsp3) is 0.400. The van der Waals surface area contributed by atoms with Gasteiger partial charge >= 0.3 is 12.1 Å². The molecule has 0 bridgehead atoms. The van der Waals surface area contributed by atoms with Gasteiger partial charge in [0.05, 0.1) is 0 Å². The normalized spacial score (nSPS) is 15.9. The van der Waals surface area contributed by atoms with Crippen molar-refractivity contribution >= 4 is 18.0 Å². The van der Waals surface area contributed by atoms with Crippen molar-refractivity contribution in [1.82, 2.24) is 10.6 Å². The van der Waals surface area contributed by atoms with E-state index in [1.54, 1.807) is 0 Å². The summed E-state index contributed by atoms with van der Waals surface area (Å²) in [5.41, 5.74) is 2.97. The van der Waals surface area contributed by atoms with Gasteiger partial charge in [-0.25, -0.2) is 9.59 Å². The number of benzene rings is 2. The maximum Gasteiger partial charge on any atom is 0.407 e. The first kappa shape index (κ1) is 21.9. The number of carboxylic acids is 1. The molecular weight excluding hydrogens is 408 g/mol. The number of carboxylic acid groups (broad SMARTS) is 1. The Balaban J connectivity index is 1.29. The molecule has 2 aliphatic carbocycles. The minimum atomic E-state index is -1.10. The Hall–Kier alpha value is -3.35. The molecular formula is C25H28N2O5. The van der Waals surface area contributed by atoms with Crippen molar-refractivity contribution in [1.29, 1.82) is 0 Å². The Morgan fingerprint density at radius 1 is 1.03 bits per heavy atom. The monoisotopic (exact) mass is 436 g/mol. The van der Waals surface area contributed by atoms with Gasteiger partial charge in [-0.15, -0.1) is 0 Å². The zero-order valence-electron chi connectivity index (χ0n) is 18.3. The van der Waals surface area contributed by atoms with Gasteiger partial charge in [0, 0.05) is 18.9 Å². The largest absolute Gasteiger partial charge is 0.480 e. The molecule has 0 aliphatic heterocycles. The van der Waals surface area contributed by atoms with E-state index in [0.29, 0.717) is 12.8 Å². The molecule has 32 heavy (non-hydrogen) atoms. The number of aliphatic carboxylic acids is 1. The van der Waals surface area contributed by atoms with Gasteiger partial charge in [-0.1, -0.05) is 62.4 Å². The predicted molar refractivity (Wildman–Crippen MR) is 119 cm³/mol. The van der Waals surface area contributed by atoms with Crippen molar-refractivity contribution in [2.75, 3.05) is 13.2 Å². The van der Waals surface area contributed by atoms with Gasteiger partial charge in [0.1, 0.15) is 12.1 Å². The van der Waals surface area contributed by atoms with E-state index in [2.05, 4.69) is 34.9 Å². The number of ether oxygens (including phenoxy) is 1. The molecule has 0 aromatic heterocycles. The smallest absolute Gasteiger partial charge is 0.407 e. The van der Waals surface area contributed by atoms with Gasteiger partial charge in [0.15, 0.2) is 0 Å². The van der Waals surface area contributed by atoms with Crippen molar-refractivity contribution in [2.45, 2.75) is 44.6 Å². The second-order valence-corrected chi connectivity index (χ2v) is 9.46. The van der Waals surface area contributed by atoms with E-state index in [9.17, 15) is 19.5 Å². The molecule has 2 aliphatic rings. The summed E-state index contributed by atoms with van der Waals surface area (Å²) in [5.74, 6) is -1.35. The lowest BCUT2D eigenvalue weighted by atomic mass is 9.88. The Morgan fingerprint density at radius 2 is 1.59 bits per heavy atom. The molecule has 2 aromatic carbocycles. The highest BCUT2D eigenvalue weighted by Crippen LogP contribution is 2.44. The average Bonchev–Trinajstić information content (AvgIpc) is 3.46. The molecule has 7 heteroatoms. The van der Waals surface area contributed by atoms with Crippen LogP contribution in [-0.2, 0) is 14.3 Å². The molecule has 0 atom stereocenters. The fourth-order valence-electron chi connectivity index (χ4n) is 4.29. The number of nitrogens with one attached hydrogen (secondary N) is 2. The molecule has 2 aromatic rings. The zero-order valence-corrected chi connectivity index (χ0v) is 18.3. The minimum absolute atomic E-state index is 0.0160. The summed E-state index contributed by atoms with van der Waals surface area (Å²) in [6.07, 6.45) is 0.467. The van der Waals surface area contributed by atoms with Crippen molar-refractivity contribution in [2.24, 2.45) is 5.41 Å². The summed E-state index contributed by atoms with van der Waals surface area (Å²) in [7, 11) is 0. The van der Waals surface area contributed by atoms with Crippen LogP contribution in [0.5, 0.6) is 0 Å². The SMILES string of the molecule is CC(C)(CNC(=O)OCC1c2ccccc2-c2ccccc21)CC(=O)NC1(C(=O)O)CC1. The number of rotatable bonds is 8. The van der Waals surface area contributed by atoms with Crippen molar-refractivity contribution in [3.63, 3.8) is 0 Å². The highest BCUT2D eigenvalue weighted by atomic mass is 16.5. The molecule has 1 fully saturated rings. The summed E-state index contributed by atoms with van der Waals surface area (Å²) >= 11 is 0. The standard InChI is InChI=1S/C25H28N2O5/c1-24(2,13-21(28)27-25(11-12-25)22(29)30)15-26-23(31)32-14-20-18-9-5-3-7-16(18)17-8-4-6-10-19(17)20/h3-10,20H,11-15H2,1-2H3,(H,26,31)(H,27,28)(H,29,30). The summed E-state index contributed by atoms with van der Waals surface area (Å²) < 4.78 is 5.53. The number of carbonyl (C=O) groups excluding carboxylic acids is 2. The third-order valence-corrected chi connectivity index (χ3v) is 6.23. The number of alkyl carbamates (subject to hydrolysis) is 1. The van der Waals surface area contributed by atoms with Gasteiger partial charge in [-0.2, -0.15) is 0 Å². The predicted octanol–water partition coefficient (Wildman–Crippen LogP) is 3.67. The molecule has 7 nitrogen and oxygen atoms in total. The van der Waals surface area contributed by atoms with Gasteiger partial charge in [0.25, 0.3) is 0 Å². The van der Waals surface area contributed by atoms with Gasteiger partial charge in [-0.3, -0.25) is 4.79 Å². The van der Waals surface area contributed by atoms with E-state index < -0.39 is 23.0 Å². The number of fused-ring (bicyclic) bond motifs is 3. The number of carbonyl (C=O) groups is 3. The van der Waals surface area contributed by atoms with Crippen LogP contribution >= 0.6 is 0 Å². The lowest BCUT2D eigenvalue weighted by Crippen LogP contribution is -2.45. The highest BCUT2D eigenvalue weighted by molar-refractivity contribution is 5.89. The van der Waals surface area contributed by atoms with E-state index in [1.165, 1.54) is 11.1 Å². The third-order valence-electron chi connectivity index (χ3n) is 6.23. The Bertz CT molecular complexity index is 1010. The molecule has 1 saturated carbocycles. The maximum atomic E-state index is 12.4. The van der Waals surface area contributed by atoms with Crippen LogP contribution in [0.2, 0.25) is 0 Å². The van der Waals surface area contributed by atoms with Crippen molar-refractivity contribution in [3.8, 4) is 11.1 Å². The Labute approximate surface area is 187 Å². The van der Waals surface area contributed by atoms with Gasteiger partial charge in [0.2, 0.25) is 5.91 Å². The topological polar surface area (TPSA) is 105 Å². The minimum Gasteiger partial charge on any atom is -0.480 e. The van der Waals surface area contributed by atoms with Crippen LogP contribution in [0.25, 0.3) is 11.1 Å². The first-order chi connectivity index (χ1) is 15.2. The first-order valence-corrected chi connectivity index (χ1v) is 10.8. The van der Waals surface area contributed by atoms with E-state index in [0.717, 1.165) is 11.1 Å². The molecule has 168 valence electrons. The molecule has 2 amide bonds. The molecule has 0 heterocycles. The van der Waals surface area contributed by atoms with Crippen LogP contribution in [-0.4, -0.2) is 41.8 Å². The van der Waals surface area contributed by atoms with E-state index in [4.69, 9.17) is 4.74 Å². The second-order valence-electron chi connectivity index (χ2n) is 9.46. The van der Waals surface area contributed by atoms with Crippen LogP contribution in [0.4, 0.5) is 4.79 Å². The van der Waals surface area contributed by atoms with E-state index >= 15 is 0 Å². The van der Waals surface area contributed by atoms with Crippen LogP contribution in [0, 0.1) is 5.41 Å². The van der Waals surface area contributed by atoms with Crippen LogP contribution in [0.3, 0.4) is 0 Å². The number of hydrogen-bond donors (Lipinski definition) is 3. The third kappa shape index (κ3) is 4.47. The van der Waals surface area contributed by atoms with Crippen molar-refractivity contribution < 1.29 is 24.2 Å². The Kier molecular flexibility index (Phi) is 5.67. The van der Waals surface area contributed by atoms with Crippen LogP contribution < -0.4 is 10.6 Å². The molecule has 4 rings (SSSR count). The van der Waals surface area contributed by atoms with Crippen LogP contribution in [0.15, 0.2) is 48.5 Å². The average molecular weight is 437 g/mol. The summed E-state index contributed by atoms with van der Waals surface area (Å²) in [6.45, 7) is 4.15. The second kappa shape index (κ2) is 8.30. The summed E-state index contributed by atoms with van der Waals surface area (Å²) in [6, 6.07) is 16.3. The first-order valence-electron chi connectivity index (χ1n) is 10.8. The van der Waals surface area contributed by atoms with Gasteiger partial charge < -0.3 is 20.5 Å². The maximum absolute atomic E-state index is 12.4. The van der Waals surface area contributed by atoms with E-state index in [-0.39, 0.29) is 31.4 Å². The number of hydrogen-bond acceptors (Lipinski definition) is 4. The highest BCUT2D eigenvalue weighted by Gasteiger charge is 2.51. The fourth-order valence-corrected chi connectivity index (χ4v) is 4.29. The molecule has 0 radical (unpaired) electrons. The number of amides is 2. The quantitative estimate of drug-likeness (QED) is 0.586.